The Hall–Kier alpha value is -2.52. The van der Waals surface area contributed by atoms with E-state index in [1.807, 2.05) is 0 Å². The fraction of sp³-hybridized carbons (Fsp3) is 0.650. The summed E-state index contributed by atoms with van der Waals surface area (Å²) in [6.07, 6.45) is -2.09. The molecule has 7 nitrogen and oxygen atoms in total. The third-order valence-electron chi connectivity index (χ3n) is 4.51. The van der Waals surface area contributed by atoms with Crippen LogP contribution in [0, 0.1) is 0 Å². The van der Waals surface area contributed by atoms with Crippen LogP contribution in [-0.4, -0.2) is 60.2 Å². The van der Waals surface area contributed by atoms with Crippen LogP contribution in [0.5, 0.6) is 0 Å². The molecule has 0 atom stereocenters. The number of unbranched alkanes of at least 4 members (excludes halogenated alkanes) is 1. The van der Waals surface area contributed by atoms with Gasteiger partial charge in [0.05, 0.1) is 5.56 Å². The van der Waals surface area contributed by atoms with Crippen molar-refractivity contribution >= 4 is 17.8 Å². The molecule has 1 aromatic rings. The van der Waals surface area contributed by atoms with Crippen LogP contribution in [0.25, 0.3) is 0 Å². The lowest BCUT2D eigenvalue weighted by Gasteiger charge is -2.35. The zero-order valence-corrected chi connectivity index (χ0v) is 17.6. The number of pyridine rings is 1. The Balaban J connectivity index is 1.69. The lowest BCUT2D eigenvalue weighted by Crippen LogP contribution is -2.49. The molecule has 1 aromatic heterocycles. The number of nitrogens with one attached hydrogen (secondary N) is 1. The Kier molecular flexibility index (Phi) is 7.91. The molecule has 168 valence electrons. The number of carbonyl (C=O) groups excluding carboxylic acids is 2. The van der Waals surface area contributed by atoms with E-state index in [2.05, 4.69) is 10.3 Å². The second kappa shape index (κ2) is 9.99. The van der Waals surface area contributed by atoms with Gasteiger partial charge in [-0.05, 0) is 45.7 Å². The molecule has 0 aliphatic carbocycles. The Morgan fingerprint density at radius 2 is 1.80 bits per heavy atom. The van der Waals surface area contributed by atoms with E-state index in [0.29, 0.717) is 52.0 Å². The van der Waals surface area contributed by atoms with Crippen molar-refractivity contribution in [1.82, 2.24) is 15.2 Å². The third-order valence-corrected chi connectivity index (χ3v) is 4.51. The van der Waals surface area contributed by atoms with Crippen molar-refractivity contribution in [2.24, 2.45) is 0 Å². The Bertz CT molecular complexity index is 727. The maximum atomic E-state index is 12.9. The highest BCUT2D eigenvalue weighted by atomic mass is 19.4. The predicted octanol–water partition coefficient (Wildman–Crippen LogP) is 3.44. The van der Waals surface area contributed by atoms with Gasteiger partial charge in [-0.1, -0.05) is 0 Å². The van der Waals surface area contributed by atoms with Gasteiger partial charge in [0.25, 0.3) is 0 Å². The van der Waals surface area contributed by atoms with Gasteiger partial charge in [0, 0.05) is 45.3 Å². The van der Waals surface area contributed by atoms with Crippen LogP contribution in [0.3, 0.4) is 0 Å². The topological polar surface area (TPSA) is 74.8 Å². The summed E-state index contributed by atoms with van der Waals surface area (Å²) in [6.45, 7) is 7.52. The van der Waals surface area contributed by atoms with Crippen molar-refractivity contribution in [2.75, 3.05) is 37.6 Å². The maximum Gasteiger partial charge on any atom is 0.416 e. The van der Waals surface area contributed by atoms with E-state index in [1.54, 1.807) is 30.6 Å². The number of carbonyl (C=O) groups is 2. The number of hydrogen-bond acceptors (Lipinski definition) is 5. The zero-order chi connectivity index (χ0) is 22.4. The quantitative estimate of drug-likeness (QED) is 0.700. The second-order valence-corrected chi connectivity index (χ2v) is 8.15. The van der Waals surface area contributed by atoms with Crippen molar-refractivity contribution in [3.05, 3.63) is 23.9 Å². The summed E-state index contributed by atoms with van der Waals surface area (Å²) in [5.74, 6) is 0.272. The van der Waals surface area contributed by atoms with Gasteiger partial charge in [0.2, 0.25) is 5.91 Å². The number of aromatic nitrogens is 1. The van der Waals surface area contributed by atoms with Crippen molar-refractivity contribution in [1.29, 1.82) is 0 Å². The Morgan fingerprint density at radius 3 is 2.40 bits per heavy atom. The number of rotatable bonds is 6. The molecule has 1 saturated heterocycles. The van der Waals surface area contributed by atoms with Gasteiger partial charge in [0.15, 0.2) is 0 Å². The Morgan fingerprint density at radius 1 is 1.13 bits per heavy atom. The molecule has 0 unspecified atom stereocenters. The highest BCUT2D eigenvalue weighted by Crippen LogP contribution is 2.30. The van der Waals surface area contributed by atoms with Gasteiger partial charge >= 0.3 is 12.3 Å². The summed E-state index contributed by atoms with van der Waals surface area (Å²) in [7, 11) is 0. The number of hydrogen-bond donors (Lipinski definition) is 1. The normalized spacial score (nSPS) is 15.1. The second-order valence-electron chi connectivity index (χ2n) is 8.15. The minimum Gasteiger partial charge on any atom is -0.444 e. The minimum atomic E-state index is -4.41. The van der Waals surface area contributed by atoms with Gasteiger partial charge in [0.1, 0.15) is 11.4 Å². The fourth-order valence-electron chi connectivity index (χ4n) is 3.02. The lowest BCUT2D eigenvalue weighted by molar-refractivity contribution is -0.137. The number of piperazine rings is 1. The van der Waals surface area contributed by atoms with E-state index in [1.165, 1.54) is 0 Å². The minimum absolute atomic E-state index is 0.00363. The summed E-state index contributed by atoms with van der Waals surface area (Å²) in [4.78, 5) is 31.4. The molecule has 10 heteroatoms. The maximum absolute atomic E-state index is 12.9. The molecular weight excluding hydrogens is 401 g/mol. The number of anilines is 1. The average molecular weight is 430 g/mol. The fourth-order valence-corrected chi connectivity index (χ4v) is 3.02. The van der Waals surface area contributed by atoms with E-state index in [9.17, 15) is 22.8 Å². The molecule has 0 radical (unpaired) electrons. The molecule has 1 aliphatic rings. The number of alkyl halides is 3. The van der Waals surface area contributed by atoms with E-state index < -0.39 is 23.4 Å². The smallest absolute Gasteiger partial charge is 0.416 e. The van der Waals surface area contributed by atoms with Gasteiger partial charge in [-0.2, -0.15) is 13.2 Å². The van der Waals surface area contributed by atoms with Gasteiger partial charge in [-0.15, -0.1) is 0 Å². The van der Waals surface area contributed by atoms with Gasteiger partial charge in [-0.25, -0.2) is 9.78 Å². The molecular formula is C20H29F3N4O3. The molecule has 0 bridgehead atoms. The predicted molar refractivity (Wildman–Crippen MR) is 106 cm³/mol. The molecule has 1 fully saturated rings. The number of amides is 2. The van der Waals surface area contributed by atoms with Gasteiger partial charge < -0.3 is 19.9 Å². The summed E-state index contributed by atoms with van der Waals surface area (Å²) in [6, 6.07) is 1.98. The van der Waals surface area contributed by atoms with Crippen molar-refractivity contribution in [3.63, 3.8) is 0 Å². The SMILES string of the molecule is CC(C)(C)OC(=O)NCCCCC(=O)N1CCN(c2cc(C(F)(F)F)ccn2)CC1. The zero-order valence-electron chi connectivity index (χ0n) is 17.6. The summed E-state index contributed by atoms with van der Waals surface area (Å²) in [5, 5.41) is 2.65. The molecule has 0 saturated carbocycles. The molecule has 2 rings (SSSR count). The van der Waals surface area contributed by atoms with E-state index in [4.69, 9.17) is 4.74 Å². The molecule has 0 spiro atoms. The lowest BCUT2D eigenvalue weighted by atomic mass is 10.2. The van der Waals surface area contributed by atoms with Crippen molar-refractivity contribution in [2.45, 2.75) is 51.8 Å². The molecule has 0 aromatic carbocycles. The number of halogens is 3. The molecule has 1 N–H and O–H groups in total. The van der Waals surface area contributed by atoms with Crippen LogP contribution in [0.1, 0.15) is 45.6 Å². The first-order valence-electron chi connectivity index (χ1n) is 9.98. The number of ether oxygens (including phenoxy) is 1. The first kappa shape index (κ1) is 23.8. The Labute approximate surface area is 174 Å². The van der Waals surface area contributed by atoms with Crippen LogP contribution in [0.2, 0.25) is 0 Å². The van der Waals surface area contributed by atoms with Crippen molar-refractivity contribution < 1.29 is 27.5 Å². The highest BCUT2D eigenvalue weighted by Gasteiger charge is 2.31. The highest BCUT2D eigenvalue weighted by molar-refractivity contribution is 5.76. The van der Waals surface area contributed by atoms with Crippen LogP contribution in [-0.2, 0) is 15.7 Å². The molecule has 2 amide bonds. The van der Waals surface area contributed by atoms with Gasteiger partial charge in [-0.3, -0.25) is 4.79 Å². The molecule has 1 aliphatic heterocycles. The van der Waals surface area contributed by atoms with Crippen LogP contribution in [0.15, 0.2) is 18.3 Å². The van der Waals surface area contributed by atoms with E-state index >= 15 is 0 Å². The van der Waals surface area contributed by atoms with Crippen molar-refractivity contribution in [3.8, 4) is 0 Å². The van der Waals surface area contributed by atoms with Crippen LogP contribution < -0.4 is 10.2 Å². The molecule has 2 heterocycles. The average Bonchev–Trinajstić information content (AvgIpc) is 2.66. The summed E-state index contributed by atoms with van der Waals surface area (Å²) >= 11 is 0. The first-order chi connectivity index (χ1) is 14.0. The number of alkyl carbamates (subject to hydrolysis) is 1. The third kappa shape index (κ3) is 7.72. The monoisotopic (exact) mass is 430 g/mol. The summed E-state index contributed by atoms with van der Waals surface area (Å²) in [5.41, 5.74) is -1.28. The van der Waals surface area contributed by atoms with Crippen LogP contribution >= 0.6 is 0 Å². The van der Waals surface area contributed by atoms with E-state index in [-0.39, 0.29) is 11.7 Å². The molecule has 30 heavy (non-hydrogen) atoms. The first-order valence-corrected chi connectivity index (χ1v) is 9.98. The number of nitrogens with zero attached hydrogens (tertiary/aromatic N) is 3. The van der Waals surface area contributed by atoms with Crippen LogP contribution in [0.4, 0.5) is 23.8 Å². The standard InChI is InChI=1S/C20H29F3N4O3/c1-19(2,3)30-18(29)25-8-5-4-6-17(28)27-12-10-26(11-13-27)16-14-15(7-9-24-16)20(21,22)23/h7,9,14H,4-6,8,10-13H2,1-3H3,(H,25,29). The van der Waals surface area contributed by atoms with E-state index in [0.717, 1.165) is 18.3 Å². The summed E-state index contributed by atoms with van der Waals surface area (Å²) < 4.78 is 43.7. The largest absolute Gasteiger partial charge is 0.444 e.